The second-order valence-electron chi connectivity index (χ2n) is 8.01. The first kappa shape index (κ1) is 24.3. The minimum absolute atomic E-state index is 0.144. The number of hydrogen-bond acceptors (Lipinski definition) is 4. The van der Waals surface area contributed by atoms with Gasteiger partial charge in [0, 0.05) is 13.1 Å². The summed E-state index contributed by atoms with van der Waals surface area (Å²) < 4.78 is 11.1. The van der Waals surface area contributed by atoms with E-state index in [1.807, 2.05) is 64.1 Å². The van der Waals surface area contributed by atoms with Gasteiger partial charge in [-0.1, -0.05) is 62.7 Å². The fraction of sp³-hybridized carbons (Fsp3) is 0.440. The lowest BCUT2D eigenvalue weighted by molar-refractivity contribution is -0.143. The highest BCUT2D eigenvalue weighted by Gasteiger charge is 2.29. The maximum atomic E-state index is 13.2. The van der Waals surface area contributed by atoms with E-state index in [1.165, 1.54) is 0 Å². The van der Waals surface area contributed by atoms with Crippen LogP contribution in [0.3, 0.4) is 0 Å². The number of hydrogen-bond donors (Lipinski definition) is 1. The van der Waals surface area contributed by atoms with Crippen LogP contribution in [-0.2, 0) is 16.1 Å². The average Bonchev–Trinajstić information content (AvgIpc) is 2.76. The van der Waals surface area contributed by atoms with Crippen molar-refractivity contribution in [3.63, 3.8) is 0 Å². The Kier molecular flexibility index (Phi) is 9.38. The number of nitrogens with zero attached hydrogens (tertiary/aromatic N) is 1. The van der Waals surface area contributed by atoms with Crippen molar-refractivity contribution in [2.45, 2.75) is 46.7 Å². The smallest absolute Gasteiger partial charge is 0.261 e. The molecule has 2 aromatic carbocycles. The molecule has 2 rings (SSSR count). The molecule has 0 saturated carbocycles. The van der Waals surface area contributed by atoms with E-state index in [1.54, 1.807) is 24.1 Å². The van der Waals surface area contributed by atoms with Crippen LogP contribution < -0.4 is 14.8 Å². The van der Waals surface area contributed by atoms with E-state index in [9.17, 15) is 9.59 Å². The third-order valence-electron chi connectivity index (χ3n) is 4.93. The maximum absolute atomic E-state index is 13.2. The van der Waals surface area contributed by atoms with E-state index in [0.717, 1.165) is 11.1 Å². The summed E-state index contributed by atoms with van der Waals surface area (Å²) in [6.07, 6.45) is 0.510. The van der Waals surface area contributed by atoms with Gasteiger partial charge in [-0.05, 0) is 37.0 Å². The van der Waals surface area contributed by atoms with Crippen LogP contribution in [0.25, 0.3) is 0 Å². The minimum Gasteiger partial charge on any atom is -0.493 e. The van der Waals surface area contributed by atoms with Gasteiger partial charge in [0.05, 0.1) is 7.11 Å². The number of carbonyl (C=O) groups excluding carboxylic acids is 2. The van der Waals surface area contributed by atoms with Crippen molar-refractivity contribution in [1.82, 2.24) is 10.2 Å². The molecule has 0 bridgehead atoms. The Bertz CT molecular complexity index is 866. The number of para-hydroxylation sites is 2. The molecule has 1 N–H and O–H groups in total. The molecule has 31 heavy (non-hydrogen) atoms. The molecular weight excluding hydrogens is 392 g/mol. The van der Waals surface area contributed by atoms with Crippen molar-refractivity contribution in [2.75, 3.05) is 20.3 Å². The van der Waals surface area contributed by atoms with E-state index in [0.29, 0.717) is 36.9 Å². The van der Waals surface area contributed by atoms with Gasteiger partial charge in [-0.2, -0.15) is 0 Å². The van der Waals surface area contributed by atoms with Gasteiger partial charge in [0.15, 0.2) is 18.1 Å². The molecule has 6 heteroatoms. The van der Waals surface area contributed by atoms with Crippen LogP contribution in [0.4, 0.5) is 0 Å². The number of rotatable bonds is 11. The first-order valence-corrected chi connectivity index (χ1v) is 10.7. The second kappa shape index (κ2) is 12.0. The molecule has 1 atom stereocenters. The van der Waals surface area contributed by atoms with Gasteiger partial charge in [0.2, 0.25) is 5.91 Å². The molecule has 0 fully saturated rings. The van der Waals surface area contributed by atoms with Crippen molar-refractivity contribution < 1.29 is 19.1 Å². The number of methoxy groups -OCH3 is 1. The van der Waals surface area contributed by atoms with E-state index < -0.39 is 6.04 Å². The quantitative estimate of drug-likeness (QED) is 0.591. The average molecular weight is 427 g/mol. The van der Waals surface area contributed by atoms with Crippen LogP contribution >= 0.6 is 0 Å². The van der Waals surface area contributed by atoms with Crippen LogP contribution in [0, 0.1) is 12.8 Å². The van der Waals surface area contributed by atoms with Gasteiger partial charge in [-0.25, -0.2) is 0 Å². The summed E-state index contributed by atoms with van der Waals surface area (Å²) >= 11 is 0. The maximum Gasteiger partial charge on any atom is 0.261 e. The molecule has 0 radical (unpaired) electrons. The van der Waals surface area contributed by atoms with E-state index >= 15 is 0 Å². The Labute approximate surface area is 185 Å². The molecule has 0 spiro atoms. The molecule has 0 heterocycles. The second-order valence-corrected chi connectivity index (χ2v) is 8.01. The summed E-state index contributed by atoms with van der Waals surface area (Å²) in [6.45, 7) is 8.73. The first-order valence-electron chi connectivity index (χ1n) is 10.7. The predicted octanol–water partition coefficient (Wildman–Crippen LogP) is 3.96. The highest BCUT2D eigenvalue weighted by Crippen LogP contribution is 2.26. The Balaban J connectivity index is 2.22. The molecule has 0 aliphatic heterocycles. The Morgan fingerprint density at radius 1 is 1.06 bits per heavy atom. The van der Waals surface area contributed by atoms with Crippen molar-refractivity contribution in [2.24, 2.45) is 5.92 Å². The van der Waals surface area contributed by atoms with Crippen molar-refractivity contribution >= 4 is 11.8 Å². The van der Waals surface area contributed by atoms with Crippen LogP contribution in [0.1, 0.15) is 38.3 Å². The number of amides is 2. The summed E-state index contributed by atoms with van der Waals surface area (Å²) in [7, 11) is 1.56. The summed E-state index contributed by atoms with van der Waals surface area (Å²) in [6, 6.07) is 14.6. The normalized spacial score (nSPS) is 11.7. The lowest BCUT2D eigenvalue weighted by Gasteiger charge is -2.31. The number of nitrogens with one attached hydrogen (secondary N) is 1. The van der Waals surface area contributed by atoms with E-state index in [4.69, 9.17) is 9.47 Å². The molecule has 0 aliphatic rings. The third kappa shape index (κ3) is 7.31. The van der Waals surface area contributed by atoms with Gasteiger partial charge in [0.1, 0.15) is 6.04 Å². The summed E-state index contributed by atoms with van der Waals surface area (Å²) in [5.74, 6) is 0.984. The lowest BCUT2D eigenvalue weighted by Crippen LogP contribution is -2.50. The van der Waals surface area contributed by atoms with Crippen LogP contribution in [0.15, 0.2) is 48.5 Å². The van der Waals surface area contributed by atoms with Crippen LogP contribution in [0.2, 0.25) is 0 Å². The van der Waals surface area contributed by atoms with Crippen molar-refractivity contribution in [1.29, 1.82) is 0 Å². The molecule has 0 aliphatic carbocycles. The molecule has 0 aromatic heterocycles. The van der Waals surface area contributed by atoms with Gasteiger partial charge in [-0.3, -0.25) is 9.59 Å². The zero-order valence-corrected chi connectivity index (χ0v) is 19.2. The largest absolute Gasteiger partial charge is 0.493 e. The molecule has 2 aromatic rings. The van der Waals surface area contributed by atoms with Crippen molar-refractivity contribution in [3.8, 4) is 11.5 Å². The zero-order chi connectivity index (χ0) is 22.8. The Hall–Kier alpha value is -3.02. The van der Waals surface area contributed by atoms with E-state index in [-0.39, 0.29) is 18.4 Å². The minimum atomic E-state index is -0.576. The SMILES string of the molecule is CC[C@@H](C(=O)NCC(C)C)N(Cc1cccc(C)c1)C(=O)COc1ccccc1OC. The highest BCUT2D eigenvalue weighted by atomic mass is 16.5. The fourth-order valence-electron chi connectivity index (χ4n) is 3.31. The molecule has 0 saturated heterocycles. The van der Waals surface area contributed by atoms with Gasteiger partial charge in [-0.15, -0.1) is 0 Å². The van der Waals surface area contributed by atoms with Crippen molar-refractivity contribution in [3.05, 3.63) is 59.7 Å². The molecule has 6 nitrogen and oxygen atoms in total. The number of ether oxygens (including phenoxy) is 2. The predicted molar refractivity (Wildman–Crippen MR) is 122 cm³/mol. The molecule has 2 amide bonds. The van der Waals surface area contributed by atoms with Crippen LogP contribution in [-0.4, -0.2) is 43.0 Å². The standard InChI is InChI=1S/C25H34N2O4/c1-6-21(25(29)26-15-18(2)3)27(16-20-11-9-10-19(4)14-20)24(28)17-31-23-13-8-7-12-22(23)30-5/h7-14,18,21H,6,15-17H2,1-5H3,(H,26,29)/t21-/m0/s1. The highest BCUT2D eigenvalue weighted by molar-refractivity contribution is 5.88. The van der Waals surface area contributed by atoms with Crippen LogP contribution in [0.5, 0.6) is 11.5 Å². The third-order valence-corrected chi connectivity index (χ3v) is 4.93. The Morgan fingerprint density at radius 3 is 2.39 bits per heavy atom. The summed E-state index contributed by atoms with van der Waals surface area (Å²) in [5.41, 5.74) is 2.08. The number of benzene rings is 2. The number of aryl methyl sites for hydroxylation is 1. The summed E-state index contributed by atoms with van der Waals surface area (Å²) in [4.78, 5) is 27.7. The molecule has 0 unspecified atom stereocenters. The lowest BCUT2D eigenvalue weighted by atomic mass is 10.1. The summed E-state index contributed by atoms with van der Waals surface area (Å²) in [5, 5.41) is 2.96. The molecular formula is C25H34N2O4. The van der Waals surface area contributed by atoms with E-state index in [2.05, 4.69) is 5.32 Å². The first-order chi connectivity index (χ1) is 14.8. The van der Waals surface area contributed by atoms with Gasteiger partial charge in [0.25, 0.3) is 5.91 Å². The fourth-order valence-corrected chi connectivity index (χ4v) is 3.31. The Morgan fingerprint density at radius 2 is 1.77 bits per heavy atom. The number of carbonyl (C=O) groups is 2. The molecule has 168 valence electrons. The zero-order valence-electron chi connectivity index (χ0n) is 19.2. The monoisotopic (exact) mass is 426 g/mol. The van der Waals surface area contributed by atoms with Gasteiger partial charge >= 0.3 is 0 Å². The topological polar surface area (TPSA) is 67.9 Å². The van der Waals surface area contributed by atoms with Gasteiger partial charge < -0.3 is 19.7 Å².